The van der Waals surface area contributed by atoms with Crippen LogP contribution in [0.5, 0.6) is 0 Å². The molecule has 1 saturated heterocycles. The number of piperidine rings is 1. The molecule has 1 aliphatic carbocycles. The number of rotatable bonds is 3. The highest BCUT2D eigenvalue weighted by molar-refractivity contribution is 5.83. The van der Waals surface area contributed by atoms with Crippen molar-refractivity contribution in [2.45, 2.75) is 90.6 Å². The molecule has 27 heavy (non-hydrogen) atoms. The lowest BCUT2D eigenvalue weighted by molar-refractivity contribution is -0.151. The van der Waals surface area contributed by atoms with Gasteiger partial charge in [0.2, 0.25) is 0 Å². The molecular formula is C19H32N2O6. The average Bonchev–Trinajstić information content (AvgIpc) is 3.00. The summed E-state index contributed by atoms with van der Waals surface area (Å²) in [6.45, 7) is 12.7. The van der Waals surface area contributed by atoms with Gasteiger partial charge in [-0.15, -0.1) is 0 Å². The number of carbonyl (C=O) groups is 3. The van der Waals surface area contributed by atoms with Crippen LogP contribution >= 0.6 is 0 Å². The second-order valence-corrected chi connectivity index (χ2v) is 9.14. The zero-order valence-corrected chi connectivity index (χ0v) is 17.3. The van der Waals surface area contributed by atoms with E-state index in [9.17, 15) is 14.4 Å². The molecule has 1 heterocycles. The summed E-state index contributed by atoms with van der Waals surface area (Å²) < 4.78 is 16.0. The third kappa shape index (κ3) is 5.26. The van der Waals surface area contributed by atoms with Crippen molar-refractivity contribution in [3.63, 3.8) is 0 Å². The van der Waals surface area contributed by atoms with Crippen molar-refractivity contribution >= 4 is 18.2 Å². The molecule has 2 amide bonds. The van der Waals surface area contributed by atoms with Crippen LogP contribution < -0.4 is 5.32 Å². The summed E-state index contributed by atoms with van der Waals surface area (Å²) >= 11 is 0. The van der Waals surface area contributed by atoms with Crippen LogP contribution in [0.3, 0.4) is 0 Å². The summed E-state index contributed by atoms with van der Waals surface area (Å²) in [5.74, 6) is -0.506. The Morgan fingerprint density at radius 3 is 2.11 bits per heavy atom. The SMILES string of the molecule is CCOC(=O)[C@@H]1[C@@H]2C[C@H](NC(=O)OC(C)(C)C)[C@@H](C2)N1C(=O)OC(C)(C)C. The standard InChI is InChI=1S/C19H32N2O6/c1-8-25-15(22)14-11-9-12(20-16(23)26-18(2,3)4)13(10-11)21(14)17(24)27-19(5,6)7/h11-14H,8-10H2,1-7H3,(H,20,23)/t11-,12+,13-,14+/m1/s1. The van der Waals surface area contributed by atoms with Crippen molar-refractivity contribution in [2.24, 2.45) is 5.92 Å². The van der Waals surface area contributed by atoms with Gasteiger partial charge >= 0.3 is 18.2 Å². The fraction of sp³-hybridized carbons (Fsp3) is 0.842. The molecule has 1 saturated carbocycles. The van der Waals surface area contributed by atoms with Gasteiger partial charge in [-0.1, -0.05) is 0 Å². The molecule has 0 aromatic carbocycles. The summed E-state index contributed by atoms with van der Waals surface area (Å²) in [7, 11) is 0. The first-order chi connectivity index (χ1) is 12.3. The van der Waals surface area contributed by atoms with Gasteiger partial charge in [-0.05, 0) is 67.2 Å². The number of carbonyl (C=O) groups excluding carboxylic acids is 3. The minimum Gasteiger partial charge on any atom is -0.464 e. The van der Waals surface area contributed by atoms with Crippen LogP contribution in [0.15, 0.2) is 0 Å². The molecule has 2 aliphatic rings. The Hall–Kier alpha value is -1.99. The fourth-order valence-corrected chi connectivity index (χ4v) is 3.76. The highest BCUT2D eigenvalue weighted by Crippen LogP contribution is 2.44. The number of ether oxygens (including phenoxy) is 3. The Morgan fingerprint density at radius 2 is 1.59 bits per heavy atom. The zero-order valence-electron chi connectivity index (χ0n) is 17.3. The second kappa shape index (κ2) is 7.56. The van der Waals surface area contributed by atoms with Crippen LogP contribution in [0, 0.1) is 5.92 Å². The predicted octanol–water partition coefficient (Wildman–Crippen LogP) is 2.84. The Kier molecular flexibility index (Phi) is 5.97. The van der Waals surface area contributed by atoms with E-state index in [1.807, 2.05) is 0 Å². The molecule has 8 nitrogen and oxygen atoms in total. The van der Waals surface area contributed by atoms with E-state index in [2.05, 4.69) is 5.32 Å². The van der Waals surface area contributed by atoms with Gasteiger partial charge in [-0.3, -0.25) is 4.90 Å². The zero-order chi connectivity index (χ0) is 20.6. The van der Waals surface area contributed by atoms with Crippen LogP contribution in [-0.4, -0.2) is 59.0 Å². The number of fused-ring (bicyclic) bond motifs is 2. The summed E-state index contributed by atoms with van der Waals surface area (Å²) in [4.78, 5) is 38.8. The lowest BCUT2D eigenvalue weighted by Crippen LogP contribution is -2.59. The van der Waals surface area contributed by atoms with Crippen LogP contribution in [0.25, 0.3) is 0 Å². The fourth-order valence-electron chi connectivity index (χ4n) is 3.76. The average molecular weight is 384 g/mol. The van der Waals surface area contributed by atoms with Crippen LogP contribution in [0.4, 0.5) is 9.59 Å². The smallest absolute Gasteiger partial charge is 0.411 e. The van der Waals surface area contributed by atoms with Crippen LogP contribution in [-0.2, 0) is 19.0 Å². The molecular weight excluding hydrogens is 352 g/mol. The predicted molar refractivity (Wildman–Crippen MR) is 98.2 cm³/mol. The molecule has 0 aromatic heterocycles. The van der Waals surface area contributed by atoms with E-state index in [4.69, 9.17) is 14.2 Å². The Labute approximate surface area is 160 Å². The van der Waals surface area contributed by atoms with Crippen molar-refractivity contribution in [2.75, 3.05) is 6.61 Å². The number of amides is 2. The molecule has 8 heteroatoms. The van der Waals surface area contributed by atoms with Crippen molar-refractivity contribution in [3.05, 3.63) is 0 Å². The summed E-state index contributed by atoms with van der Waals surface area (Å²) in [6.07, 6.45) is 0.108. The van der Waals surface area contributed by atoms with Crippen molar-refractivity contribution in [3.8, 4) is 0 Å². The van der Waals surface area contributed by atoms with E-state index in [1.54, 1.807) is 48.5 Å². The molecule has 0 radical (unpaired) electrons. The molecule has 0 spiro atoms. The summed E-state index contributed by atoms with van der Waals surface area (Å²) in [6, 6.07) is -1.30. The van der Waals surface area contributed by atoms with Crippen LogP contribution in [0.1, 0.15) is 61.3 Å². The molecule has 4 atom stereocenters. The minimum absolute atomic E-state index is 0.0819. The van der Waals surface area contributed by atoms with Crippen molar-refractivity contribution in [1.29, 1.82) is 0 Å². The molecule has 1 N–H and O–H groups in total. The first kappa shape index (κ1) is 21.3. The maximum atomic E-state index is 12.8. The number of nitrogens with one attached hydrogen (secondary N) is 1. The number of likely N-dealkylation sites (tertiary alicyclic amines) is 1. The highest BCUT2D eigenvalue weighted by Gasteiger charge is 2.57. The normalized spacial score (nSPS) is 27.3. The summed E-state index contributed by atoms with van der Waals surface area (Å²) in [5.41, 5.74) is -1.30. The van der Waals surface area contributed by atoms with Gasteiger partial charge in [-0.25, -0.2) is 14.4 Å². The lowest BCUT2D eigenvalue weighted by atomic mass is 9.97. The van der Waals surface area contributed by atoms with Gasteiger partial charge in [-0.2, -0.15) is 0 Å². The van der Waals surface area contributed by atoms with E-state index < -0.39 is 35.4 Å². The largest absolute Gasteiger partial charge is 0.464 e. The maximum Gasteiger partial charge on any atom is 0.411 e. The van der Waals surface area contributed by atoms with E-state index in [0.29, 0.717) is 12.8 Å². The first-order valence-electron chi connectivity index (χ1n) is 9.50. The van der Waals surface area contributed by atoms with Crippen molar-refractivity contribution in [1.82, 2.24) is 10.2 Å². The van der Waals surface area contributed by atoms with Gasteiger partial charge in [0.1, 0.15) is 17.2 Å². The van der Waals surface area contributed by atoms with Gasteiger partial charge in [0.25, 0.3) is 0 Å². The third-order valence-corrected chi connectivity index (χ3v) is 4.50. The Morgan fingerprint density at radius 1 is 1.00 bits per heavy atom. The molecule has 154 valence electrons. The van der Waals surface area contributed by atoms with E-state index in [0.717, 1.165) is 0 Å². The quantitative estimate of drug-likeness (QED) is 0.594. The number of esters is 1. The number of hydrogen-bond acceptors (Lipinski definition) is 6. The lowest BCUT2D eigenvalue weighted by Gasteiger charge is -2.39. The first-order valence-corrected chi connectivity index (χ1v) is 9.50. The number of alkyl carbamates (subject to hydrolysis) is 1. The third-order valence-electron chi connectivity index (χ3n) is 4.50. The molecule has 0 unspecified atom stereocenters. The number of nitrogens with zero attached hydrogens (tertiary/aromatic N) is 1. The van der Waals surface area contributed by atoms with Gasteiger partial charge in [0.15, 0.2) is 0 Å². The van der Waals surface area contributed by atoms with Gasteiger partial charge < -0.3 is 19.5 Å². The molecule has 0 aromatic rings. The Balaban J connectivity index is 2.16. The monoisotopic (exact) mass is 384 g/mol. The van der Waals surface area contributed by atoms with Crippen LogP contribution in [0.2, 0.25) is 0 Å². The van der Waals surface area contributed by atoms with E-state index >= 15 is 0 Å². The molecule has 2 rings (SSSR count). The maximum absolute atomic E-state index is 12.8. The number of hydrogen-bond donors (Lipinski definition) is 1. The molecule has 1 aliphatic heterocycles. The van der Waals surface area contributed by atoms with Crippen molar-refractivity contribution < 1.29 is 28.6 Å². The topological polar surface area (TPSA) is 94.2 Å². The molecule has 2 fully saturated rings. The van der Waals surface area contributed by atoms with Gasteiger partial charge in [0, 0.05) is 0 Å². The second-order valence-electron chi connectivity index (χ2n) is 9.14. The van der Waals surface area contributed by atoms with Gasteiger partial charge in [0.05, 0.1) is 18.7 Å². The van der Waals surface area contributed by atoms with E-state index in [1.165, 1.54) is 4.90 Å². The molecule has 2 bridgehead atoms. The highest BCUT2D eigenvalue weighted by atomic mass is 16.6. The Bertz CT molecular complexity index is 590. The summed E-state index contributed by atoms with van der Waals surface area (Å²) in [5, 5.41) is 2.84. The van der Waals surface area contributed by atoms with E-state index in [-0.39, 0.29) is 24.6 Å². The minimum atomic E-state index is -0.688.